The van der Waals surface area contributed by atoms with Gasteiger partial charge in [-0.2, -0.15) is 0 Å². The first-order valence-electron chi connectivity index (χ1n) is 9.51. The van der Waals surface area contributed by atoms with E-state index in [-0.39, 0.29) is 0 Å². The summed E-state index contributed by atoms with van der Waals surface area (Å²) >= 11 is 0. The molecule has 0 radical (unpaired) electrons. The van der Waals surface area contributed by atoms with Crippen LogP contribution >= 0.6 is 0 Å². The highest BCUT2D eigenvalue weighted by molar-refractivity contribution is 5.30. The maximum Gasteiger partial charge on any atom is 0.225 e. The van der Waals surface area contributed by atoms with Crippen LogP contribution in [0.2, 0.25) is 0 Å². The molecule has 0 aliphatic carbocycles. The van der Waals surface area contributed by atoms with Gasteiger partial charge in [0, 0.05) is 57.2 Å². The quantitative estimate of drug-likeness (QED) is 0.847. The summed E-state index contributed by atoms with van der Waals surface area (Å²) in [4.78, 5) is 16.6. The van der Waals surface area contributed by atoms with Crippen molar-refractivity contribution in [2.75, 3.05) is 50.7 Å². The maximum atomic E-state index is 4.50. The van der Waals surface area contributed by atoms with Gasteiger partial charge in [-0.15, -0.1) is 0 Å². The first-order chi connectivity index (χ1) is 11.5. The van der Waals surface area contributed by atoms with Crippen molar-refractivity contribution in [3.8, 4) is 0 Å². The molecule has 0 atom stereocenters. The van der Waals surface area contributed by atoms with Crippen molar-refractivity contribution < 1.29 is 0 Å². The topological polar surface area (TPSA) is 35.5 Å². The van der Waals surface area contributed by atoms with E-state index in [4.69, 9.17) is 0 Å². The number of aromatic nitrogens is 2. The van der Waals surface area contributed by atoms with Crippen LogP contribution in [0.5, 0.6) is 0 Å². The summed E-state index contributed by atoms with van der Waals surface area (Å²) in [5, 5.41) is 0. The third-order valence-corrected chi connectivity index (χ3v) is 6.18. The Bertz CT molecular complexity index is 511. The van der Waals surface area contributed by atoms with Crippen molar-refractivity contribution in [1.29, 1.82) is 0 Å². The van der Waals surface area contributed by atoms with Crippen molar-refractivity contribution in [1.82, 2.24) is 19.8 Å². The Balaban J connectivity index is 1.56. The zero-order chi connectivity index (χ0) is 17.2. The summed E-state index contributed by atoms with van der Waals surface area (Å²) in [7, 11) is 0. The Morgan fingerprint density at radius 2 is 1.58 bits per heavy atom. The van der Waals surface area contributed by atoms with E-state index in [1.165, 1.54) is 45.6 Å². The minimum Gasteiger partial charge on any atom is -0.341 e. The molecule has 0 saturated carbocycles. The van der Waals surface area contributed by atoms with Crippen LogP contribution in [0, 0.1) is 12.8 Å². The highest BCUT2D eigenvalue weighted by Gasteiger charge is 2.38. The SMILES string of the molecule is CCN1CCN(C(C)(C)C2CCN(c3ncc(C)cn3)CC2)CC1. The van der Waals surface area contributed by atoms with Crippen molar-refractivity contribution in [2.45, 2.75) is 46.1 Å². The molecule has 1 aromatic heterocycles. The summed E-state index contributed by atoms with van der Waals surface area (Å²) < 4.78 is 0. The van der Waals surface area contributed by atoms with E-state index in [1.807, 2.05) is 19.3 Å². The van der Waals surface area contributed by atoms with Gasteiger partial charge in [-0.05, 0) is 51.6 Å². The molecule has 5 heteroatoms. The van der Waals surface area contributed by atoms with Gasteiger partial charge >= 0.3 is 0 Å². The van der Waals surface area contributed by atoms with Crippen LogP contribution in [-0.2, 0) is 0 Å². The zero-order valence-corrected chi connectivity index (χ0v) is 15.8. The minimum atomic E-state index is 0.292. The largest absolute Gasteiger partial charge is 0.341 e. The molecule has 0 N–H and O–H groups in total. The molecule has 0 spiro atoms. The lowest BCUT2D eigenvalue weighted by Gasteiger charge is -2.50. The summed E-state index contributed by atoms with van der Waals surface area (Å²) in [5.74, 6) is 1.65. The summed E-state index contributed by atoms with van der Waals surface area (Å²) in [6.45, 7) is 17.4. The molecule has 2 saturated heterocycles. The molecule has 3 heterocycles. The molecule has 3 rings (SSSR count). The van der Waals surface area contributed by atoms with Crippen LogP contribution < -0.4 is 4.90 Å². The van der Waals surface area contributed by atoms with Crippen molar-refractivity contribution in [3.63, 3.8) is 0 Å². The van der Waals surface area contributed by atoms with Gasteiger partial charge in [0.1, 0.15) is 0 Å². The van der Waals surface area contributed by atoms with Crippen LogP contribution in [0.1, 0.15) is 39.2 Å². The van der Waals surface area contributed by atoms with Gasteiger partial charge in [0.25, 0.3) is 0 Å². The van der Waals surface area contributed by atoms with Crippen molar-refractivity contribution in [3.05, 3.63) is 18.0 Å². The number of nitrogens with zero attached hydrogens (tertiary/aromatic N) is 5. The number of anilines is 1. The molecule has 0 aromatic carbocycles. The number of piperidine rings is 1. The molecular weight excluding hydrogens is 298 g/mol. The van der Waals surface area contributed by atoms with Gasteiger partial charge in [0.2, 0.25) is 5.95 Å². The van der Waals surface area contributed by atoms with Crippen LogP contribution in [0.25, 0.3) is 0 Å². The normalized spacial score (nSPS) is 22.1. The molecule has 2 aliphatic heterocycles. The second-order valence-electron chi connectivity index (χ2n) is 7.90. The summed E-state index contributed by atoms with van der Waals surface area (Å²) in [6, 6.07) is 0. The zero-order valence-electron chi connectivity index (χ0n) is 15.8. The molecule has 134 valence electrons. The van der Waals surface area contributed by atoms with E-state index < -0.39 is 0 Å². The monoisotopic (exact) mass is 331 g/mol. The van der Waals surface area contributed by atoms with Gasteiger partial charge in [-0.3, -0.25) is 4.90 Å². The van der Waals surface area contributed by atoms with Crippen LogP contribution in [0.4, 0.5) is 5.95 Å². The highest BCUT2D eigenvalue weighted by atomic mass is 15.3. The Kier molecular flexibility index (Phi) is 5.40. The van der Waals surface area contributed by atoms with E-state index in [0.717, 1.165) is 30.5 Å². The maximum absolute atomic E-state index is 4.50. The number of piperazine rings is 1. The van der Waals surface area contributed by atoms with E-state index in [0.29, 0.717) is 5.54 Å². The molecule has 1 aromatic rings. The Morgan fingerprint density at radius 1 is 1.00 bits per heavy atom. The molecule has 0 unspecified atom stereocenters. The lowest BCUT2D eigenvalue weighted by molar-refractivity contribution is 0.00995. The number of likely N-dealkylation sites (N-methyl/N-ethyl adjacent to an activating group) is 1. The van der Waals surface area contributed by atoms with Gasteiger partial charge in [-0.1, -0.05) is 6.92 Å². The fourth-order valence-corrected chi connectivity index (χ4v) is 4.23. The van der Waals surface area contributed by atoms with E-state index in [2.05, 4.69) is 45.4 Å². The molecule has 0 bridgehead atoms. The van der Waals surface area contributed by atoms with E-state index in [1.54, 1.807) is 0 Å². The average Bonchev–Trinajstić information content (AvgIpc) is 2.62. The lowest BCUT2D eigenvalue weighted by Crippen LogP contribution is -2.58. The molecule has 0 amide bonds. The second-order valence-corrected chi connectivity index (χ2v) is 7.90. The Hall–Kier alpha value is -1.20. The third-order valence-electron chi connectivity index (χ3n) is 6.18. The standard InChI is InChI=1S/C19H33N5/c1-5-22-10-12-24(13-11-22)19(3,4)17-6-8-23(9-7-17)18-20-14-16(2)15-21-18/h14-15,17H,5-13H2,1-4H3. The van der Waals surface area contributed by atoms with Crippen LogP contribution in [0.3, 0.4) is 0 Å². The van der Waals surface area contributed by atoms with Crippen LogP contribution in [0.15, 0.2) is 12.4 Å². The summed E-state index contributed by atoms with van der Waals surface area (Å²) in [6.07, 6.45) is 6.31. The number of aryl methyl sites for hydroxylation is 1. The molecular formula is C19H33N5. The first kappa shape index (κ1) is 17.6. The smallest absolute Gasteiger partial charge is 0.225 e. The predicted molar refractivity (Wildman–Crippen MR) is 99.5 cm³/mol. The third kappa shape index (κ3) is 3.72. The number of rotatable bonds is 4. The number of hydrogen-bond acceptors (Lipinski definition) is 5. The fraction of sp³-hybridized carbons (Fsp3) is 0.789. The van der Waals surface area contributed by atoms with Crippen molar-refractivity contribution >= 4 is 5.95 Å². The first-order valence-corrected chi connectivity index (χ1v) is 9.51. The van der Waals surface area contributed by atoms with Gasteiger partial charge in [-0.25, -0.2) is 9.97 Å². The average molecular weight is 332 g/mol. The summed E-state index contributed by atoms with van der Waals surface area (Å²) in [5.41, 5.74) is 1.42. The van der Waals surface area contributed by atoms with Crippen molar-refractivity contribution in [2.24, 2.45) is 5.92 Å². The van der Waals surface area contributed by atoms with Crippen LogP contribution in [-0.4, -0.2) is 71.1 Å². The van der Waals surface area contributed by atoms with Gasteiger partial charge in [0.15, 0.2) is 0 Å². The fourth-order valence-electron chi connectivity index (χ4n) is 4.23. The second kappa shape index (κ2) is 7.36. The Labute approximate surface area is 147 Å². The molecule has 2 fully saturated rings. The van der Waals surface area contributed by atoms with Gasteiger partial charge < -0.3 is 9.80 Å². The molecule has 2 aliphatic rings. The minimum absolute atomic E-state index is 0.292. The lowest BCUT2D eigenvalue weighted by atomic mass is 9.78. The van der Waals surface area contributed by atoms with E-state index in [9.17, 15) is 0 Å². The number of hydrogen-bond donors (Lipinski definition) is 0. The molecule has 24 heavy (non-hydrogen) atoms. The Morgan fingerprint density at radius 3 is 2.12 bits per heavy atom. The predicted octanol–water partition coefficient (Wildman–Crippen LogP) is 2.42. The van der Waals surface area contributed by atoms with Gasteiger partial charge in [0.05, 0.1) is 0 Å². The molecule has 5 nitrogen and oxygen atoms in total. The van der Waals surface area contributed by atoms with E-state index >= 15 is 0 Å². The highest BCUT2D eigenvalue weighted by Crippen LogP contribution is 2.34.